The molecule has 0 spiro atoms. The van der Waals surface area contributed by atoms with Gasteiger partial charge in [0.05, 0.1) is 22.7 Å². The quantitative estimate of drug-likeness (QED) is 0.864. The van der Waals surface area contributed by atoms with Gasteiger partial charge in [-0.2, -0.15) is 5.26 Å². The first-order valence-corrected chi connectivity index (χ1v) is 8.57. The molecule has 0 atom stereocenters. The zero-order valence-corrected chi connectivity index (χ0v) is 13.9. The molecule has 0 saturated heterocycles. The first kappa shape index (κ1) is 18.6. The van der Waals surface area contributed by atoms with Crippen molar-refractivity contribution in [2.24, 2.45) is 7.05 Å². The van der Waals surface area contributed by atoms with E-state index in [0.717, 1.165) is 25.4 Å². The number of imidazole rings is 1. The minimum Gasteiger partial charge on any atom is -0.294 e. The van der Waals surface area contributed by atoms with Gasteiger partial charge in [0.1, 0.15) is 17.6 Å². The molecule has 0 radical (unpaired) electrons. The molecule has 0 aliphatic rings. The lowest BCUT2D eigenvalue weighted by atomic mass is 10.1. The van der Waals surface area contributed by atoms with Crippen LogP contribution in [-0.2, 0) is 17.1 Å². The lowest BCUT2D eigenvalue weighted by Crippen LogP contribution is -2.23. The van der Waals surface area contributed by atoms with Crippen LogP contribution >= 0.6 is 0 Å². The minimum atomic E-state index is -3.78. The Hall–Kier alpha value is -2.74. The van der Waals surface area contributed by atoms with E-state index in [4.69, 9.17) is 5.26 Å². The Labute approximate surface area is 141 Å². The number of sulfonamides is 1. The van der Waals surface area contributed by atoms with E-state index in [0.29, 0.717) is 9.13 Å². The van der Waals surface area contributed by atoms with Crippen LogP contribution in [-0.4, -0.2) is 23.3 Å². The van der Waals surface area contributed by atoms with E-state index in [1.807, 2.05) is 0 Å². The molecule has 1 heterocycles. The van der Waals surface area contributed by atoms with Crippen molar-refractivity contribution in [3.05, 3.63) is 45.9 Å². The van der Waals surface area contributed by atoms with Gasteiger partial charge in [-0.15, -0.1) is 0 Å². The molecule has 11 heteroatoms. The van der Waals surface area contributed by atoms with Crippen molar-refractivity contribution in [1.82, 2.24) is 9.13 Å². The number of hydrogen-bond acceptors (Lipinski definition) is 4. The molecule has 0 aliphatic carbocycles. The van der Waals surface area contributed by atoms with Crippen LogP contribution in [0.25, 0.3) is 5.69 Å². The van der Waals surface area contributed by atoms with Crippen LogP contribution in [0.5, 0.6) is 0 Å². The average Bonchev–Trinajstić information content (AvgIpc) is 2.84. The first-order chi connectivity index (χ1) is 11.6. The van der Waals surface area contributed by atoms with Crippen LogP contribution in [0.4, 0.5) is 18.9 Å². The molecular formula is C14H13F3N4O3S. The van der Waals surface area contributed by atoms with Crippen molar-refractivity contribution < 1.29 is 21.6 Å². The lowest BCUT2D eigenvalue weighted by molar-refractivity contribution is 0.142. The molecule has 0 unspecified atom stereocenters. The number of hydrogen-bond donors (Lipinski definition) is 1. The second-order valence-corrected chi connectivity index (χ2v) is 7.04. The standard InChI is InChI=1S/C14H13F3N4O3S/c1-3-25(23,24)19-10-5-11(9(15)4-8(10)6-18)21-7-12(13(16)17)20(2)14(21)22/h4-5,7,13,19H,3H2,1-2H3. The second kappa shape index (κ2) is 6.64. The van der Waals surface area contributed by atoms with Crippen LogP contribution in [0.2, 0.25) is 0 Å². The number of benzene rings is 1. The average molecular weight is 374 g/mol. The summed E-state index contributed by atoms with van der Waals surface area (Å²) in [5.41, 5.74) is -2.60. The molecule has 1 aromatic heterocycles. The molecule has 1 N–H and O–H groups in total. The Kier molecular flexibility index (Phi) is 4.94. The monoisotopic (exact) mass is 374 g/mol. The van der Waals surface area contributed by atoms with Crippen LogP contribution < -0.4 is 10.4 Å². The fourth-order valence-electron chi connectivity index (χ4n) is 2.08. The third-order valence-corrected chi connectivity index (χ3v) is 4.77. The van der Waals surface area contributed by atoms with Crippen molar-refractivity contribution in [3.8, 4) is 11.8 Å². The second-order valence-electron chi connectivity index (χ2n) is 5.03. The predicted molar refractivity (Wildman–Crippen MR) is 83.7 cm³/mol. The van der Waals surface area contributed by atoms with Gasteiger partial charge < -0.3 is 0 Å². The summed E-state index contributed by atoms with van der Waals surface area (Å²) in [6, 6.07) is 3.27. The predicted octanol–water partition coefficient (Wildman–Crippen LogP) is 1.89. The van der Waals surface area contributed by atoms with Crippen LogP contribution in [0, 0.1) is 17.1 Å². The fraction of sp³-hybridized carbons (Fsp3) is 0.286. The highest BCUT2D eigenvalue weighted by Gasteiger charge is 2.21. The number of nitrogens with zero attached hydrogens (tertiary/aromatic N) is 3. The molecule has 134 valence electrons. The summed E-state index contributed by atoms with van der Waals surface area (Å²) in [7, 11) is -2.68. The summed E-state index contributed by atoms with van der Waals surface area (Å²) >= 11 is 0. The molecule has 0 amide bonds. The maximum atomic E-state index is 14.3. The molecule has 2 aromatic rings. The van der Waals surface area contributed by atoms with Crippen LogP contribution in [0.1, 0.15) is 24.6 Å². The van der Waals surface area contributed by atoms with Crippen molar-refractivity contribution in [3.63, 3.8) is 0 Å². The fourth-order valence-corrected chi connectivity index (χ4v) is 2.73. The van der Waals surface area contributed by atoms with E-state index in [2.05, 4.69) is 4.72 Å². The maximum absolute atomic E-state index is 14.3. The van der Waals surface area contributed by atoms with Gasteiger partial charge in [-0.05, 0) is 19.1 Å². The molecular weight excluding hydrogens is 361 g/mol. The number of halogens is 3. The molecule has 0 bridgehead atoms. The van der Waals surface area contributed by atoms with Crippen LogP contribution in [0.3, 0.4) is 0 Å². The lowest BCUT2D eigenvalue weighted by Gasteiger charge is -2.11. The molecule has 0 saturated carbocycles. The molecule has 0 fully saturated rings. The third-order valence-electron chi connectivity index (χ3n) is 3.48. The molecule has 2 rings (SSSR count). The summed E-state index contributed by atoms with van der Waals surface area (Å²) in [5.74, 6) is -1.34. The molecule has 0 aliphatic heterocycles. The van der Waals surface area contributed by atoms with E-state index in [1.54, 1.807) is 6.07 Å². The highest BCUT2D eigenvalue weighted by Crippen LogP contribution is 2.25. The zero-order valence-electron chi connectivity index (χ0n) is 13.1. The molecule has 7 nitrogen and oxygen atoms in total. The number of aromatic nitrogens is 2. The Morgan fingerprint density at radius 2 is 2.00 bits per heavy atom. The Morgan fingerprint density at radius 3 is 2.48 bits per heavy atom. The van der Waals surface area contributed by atoms with Crippen molar-refractivity contribution >= 4 is 15.7 Å². The van der Waals surface area contributed by atoms with Gasteiger partial charge >= 0.3 is 5.69 Å². The number of nitrogens with one attached hydrogen (secondary N) is 1. The van der Waals surface area contributed by atoms with Gasteiger partial charge in [0.15, 0.2) is 0 Å². The first-order valence-electron chi connectivity index (χ1n) is 6.92. The van der Waals surface area contributed by atoms with Crippen LogP contribution in [0.15, 0.2) is 23.1 Å². The summed E-state index contributed by atoms with van der Waals surface area (Å²) in [6.07, 6.45) is -2.20. The number of rotatable bonds is 5. The Balaban J connectivity index is 2.70. The summed E-state index contributed by atoms with van der Waals surface area (Å²) in [4.78, 5) is 12.1. The van der Waals surface area contributed by atoms with Crippen molar-refractivity contribution in [2.45, 2.75) is 13.3 Å². The highest BCUT2D eigenvalue weighted by atomic mass is 32.2. The SMILES string of the molecule is CCS(=O)(=O)Nc1cc(-n2cc(C(F)F)n(C)c2=O)c(F)cc1C#N. The van der Waals surface area contributed by atoms with Gasteiger partial charge in [-0.1, -0.05) is 0 Å². The number of alkyl halides is 2. The van der Waals surface area contributed by atoms with Crippen molar-refractivity contribution in [1.29, 1.82) is 5.26 Å². The molecule has 1 aromatic carbocycles. The van der Waals surface area contributed by atoms with E-state index in [9.17, 15) is 26.4 Å². The van der Waals surface area contributed by atoms with Crippen molar-refractivity contribution in [2.75, 3.05) is 10.5 Å². The minimum absolute atomic E-state index is 0.255. The number of anilines is 1. The Morgan fingerprint density at radius 1 is 1.36 bits per heavy atom. The van der Waals surface area contributed by atoms with E-state index < -0.39 is 39.3 Å². The summed E-state index contributed by atoms with van der Waals surface area (Å²) < 4.78 is 66.8. The van der Waals surface area contributed by atoms with Gasteiger partial charge in [0, 0.05) is 13.2 Å². The van der Waals surface area contributed by atoms with E-state index in [1.165, 1.54) is 6.92 Å². The van der Waals surface area contributed by atoms with E-state index >= 15 is 0 Å². The van der Waals surface area contributed by atoms with Gasteiger partial charge in [-0.25, -0.2) is 26.4 Å². The normalized spacial score (nSPS) is 11.6. The summed E-state index contributed by atoms with van der Waals surface area (Å²) in [5, 5.41) is 9.03. The Bertz CT molecular complexity index is 1020. The summed E-state index contributed by atoms with van der Waals surface area (Å²) in [6.45, 7) is 1.36. The highest BCUT2D eigenvalue weighted by molar-refractivity contribution is 7.92. The van der Waals surface area contributed by atoms with Gasteiger partial charge in [0.2, 0.25) is 10.0 Å². The topological polar surface area (TPSA) is 96.9 Å². The molecule has 25 heavy (non-hydrogen) atoms. The van der Waals surface area contributed by atoms with E-state index in [-0.39, 0.29) is 17.0 Å². The number of nitriles is 1. The van der Waals surface area contributed by atoms with Gasteiger partial charge in [0.25, 0.3) is 6.43 Å². The third kappa shape index (κ3) is 3.53. The maximum Gasteiger partial charge on any atom is 0.332 e. The zero-order chi connectivity index (χ0) is 18.9. The largest absolute Gasteiger partial charge is 0.332 e. The van der Waals surface area contributed by atoms with Gasteiger partial charge in [-0.3, -0.25) is 13.9 Å². The smallest absolute Gasteiger partial charge is 0.294 e.